The van der Waals surface area contributed by atoms with Crippen LogP contribution in [0.2, 0.25) is 0 Å². The van der Waals surface area contributed by atoms with Gasteiger partial charge in [0.25, 0.3) is 27.4 Å². The Morgan fingerprint density at radius 3 is 2.20 bits per heavy atom. The average molecular weight is 622 g/mol. The van der Waals surface area contributed by atoms with Gasteiger partial charge in [-0.15, -0.1) is 0 Å². The number of carbonyl (C=O) groups is 2. The molecule has 1 atom stereocenters. The van der Waals surface area contributed by atoms with Crippen LogP contribution in [0.4, 0.5) is 17.1 Å². The zero-order chi connectivity index (χ0) is 31.9. The maximum absolute atomic E-state index is 13.7. The largest absolute Gasteiger partial charge is 0.322 e. The van der Waals surface area contributed by atoms with E-state index in [0.717, 1.165) is 5.56 Å². The second kappa shape index (κ2) is 11.6. The summed E-state index contributed by atoms with van der Waals surface area (Å²) < 4.78 is 31.9. The highest BCUT2D eigenvalue weighted by molar-refractivity contribution is 7.92. The molecular formula is C34H31N5O5S. The van der Waals surface area contributed by atoms with Crippen molar-refractivity contribution in [3.8, 4) is 5.69 Å². The molecule has 1 aliphatic rings. The number of carbonyl (C=O) groups excluding carboxylic acids is 2. The molecule has 0 fully saturated rings. The van der Waals surface area contributed by atoms with Crippen molar-refractivity contribution in [1.29, 1.82) is 0 Å². The molecule has 5 aromatic rings. The number of benzene rings is 4. The standard InChI is InChI=1S/C34H31N5O5S/c1-22-19-24-11-7-8-18-30(24)39(22)45(43,44)29-17-10-13-26(21-29)32(40)35-27-14-9-12-25(20-27)33(41)36-31-23(2)37(3)38(34(31)42)28-15-5-4-6-16-28/h4-18,20-22H,19H2,1-3H3,(H,35,40)(H,36,41)/t22-/m0/s1. The number of sulfonamides is 1. The van der Waals surface area contributed by atoms with Gasteiger partial charge >= 0.3 is 0 Å². The number of para-hydroxylation sites is 2. The summed E-state index contributed by atoms with van der Waals surface area (Å²) in [6.45, 7) is 3.60. The molecule has 0 spiro atoms. The lowest BCUT2D eigenvalue weighted by atomic mass is 10.1. The van der Waals surface area contributed by atoms with E-state index in [9.17, 15) is 22.8 Å². The van der Waals surface area contributed by atoms with Crippen LogP contribution in [0, 0.1) is 6.92 Å². The molecule has 0 aliphatic carbocycles. The molecule has 2 heterocycles. The van der Waals surface area contributed by atoms with E-state index >= 15 is 0 Å². The summed E-state index contributed by atoms with van der Waals surface area (Å²) in [5, 5.41) is 5.47. The summed E-state index contributed by atoms with van der Waals surface area (Å²) >= 11 is 0. The van der Waals surface area contributed by atoms with Crippen LogP contribution in [0.15, 0.2) is 113 Å². The Labute approximate surface area is 260 Å². The molecule has 0 radical (unpaired) electrons. The number of amides is 2. The summed E-state index contributed by atoms with van der Waals surface area (Å²) in [6.07, 6.45) is 0.604. The fraction of sp³-hybridized carbons (Fsp3) is 0.147. The minimum atomic E-state index is -3.93. The van der Waals surface area contributed by atoms with Crippen molar-refractivity contribution in [1.82, 2.24) is 9.36 Å². The first kappa shape index (κ1) is 29.6. The van der Waals surface area contributed by atoms with Gasteiger partial charge in [0.05, 0.1) is 22.0 Å². The fourth-order valence-corrected chi connectivity index (χ4v) is 7.39. The van der Waals surface area contributed by atoms with Gasteiger partial charge in [0.15, 0.2) is 0 Å². The van der Waals surface area contributed by atoms with E-state index in [-0.39, 0.29) is 33.3 Å². The number of anilines is 3. The van der Waals surface area contributed by atoms with Gasteiger partial charge in [-0.25, -0.2) is 13.1 Å². The molecule has 0 saturated heterocycles. The van der Waals surface area contributed by atoms with Gasteiger partial charge in [0, 0.05) is 29.9 Å². The number of hydrogen-bond donors (Lipinski definition) is 2. The Kier molecular flexibility index (Phi) is 7.63. The number of rotatable bonds is 7. The first-order valence-electron chi connectivity index (χ1n) is 14.4. The Bertz CT molecular complexity index is 2120. The van der Waals surface area contributed by atoms with Crippen LogP contribution in [0.5, 0.6) is 0 Å². The van der Waals surface area contributed by atoms with Crippen molar-refractivity contribution in [2.75, 3.05) is 14.9 Å². The highest BCUT2D eigenvalue weighted by Crippen LogP contribution is 2.36. The highest BCUT2D eigenvalue weighted by Gasteiger charge is 2.36. The quantitative estimate of drug-likeness (QED) is 0.261. The normalized spacial score (nSPS) is 14.2. The lowest BCUT2D eigenvalue weighted by Crippen LogP contribution is -2.35. The van der Waals surface area contributed by atoms with Gasteiger partial charge in [0.1, 0.15) is 5.69 Å². The Morgan fingerprint density at radius 1 is 0.800 bits per heavy atom. The molecule has 6 rings (SSSR count). The lowest BCUT2D eigenvalue weighted by Gasteiger charge is -2.24. The van der Waals surface area contributed by atoms with E-state index in [4.69, 9.17) is 0 Å². The van der Waals surface area contributed by atoms with E-state index in [0.29, 0.717) is 29.2 Å². The van der Waals surface area contributed by atoms with Gasteiger partial charge in [-0.05, 0) is 80.4 Å². The van der Waals surface area contributed by atoms with Crippen LogP contribution in [-0.4, -0.2) is 35.6 Å². The molecule has 0 bridgehead atoms. The van der Waals surface area contributed by atoms with Crippen molar-refractivity contribution >= 4 is 38.9 Å². The van der Waals surface area contributed by atoms with Crippen molar-refractivity contribution in [2.45, 2.75) is 31.2 Å². The van der Waals surface area contributed by atoms with Gasteiger partial charge in [0.2, 0.25) is 0 Å². The van der Waals surface area contributed by atoms with Crippen LogP contribution in [0.3, 0.4) is 0 Å². The average Bonchev–Trinajstić information content (AvgIpc) is 3.49. The number of nitrogens with zero attached hydrogens (tertiary/aromatic N) is 3. The number of nitrogens with one attached hydrogen (secondary N) is 2. The van der Waals surface area contributed by atoms with Crippen LogP contribution in [0.1, 0.15) is 38.9 Å². The van der Waals surface area contributed by atoms with Gasteiger partial charge in [-0.2, -0.15) is 0 Å². The zero-order valence-electron chi connectivity index (χ0n) is 24.9. The third kappa shape index (κ3) is 5.42. The summed E-state index contributed by atoms with van der Waals surface area (Å²) in [5.41, 5.74) is 3.30. The summed E-state index contributed by atoms with van der Waals surface area (Å²) in [5.74, 6) is -1.06. The molecule has 2 N–H and O–H groups in total. The van der Waals surface area contributed by atoms with E-state index < -0.39 is 21.8 Å². The second-order valence-corrected chi connectivity index (χ2v) is 12.8. The van der Waals surface area contributed by atoms with E-state index in [1.807, 2.05) is 37.3 Å². The topological polar surface area (TPSA) is 123 Å². The molecule has 1 aromatic heterocycles. The second-order valence-electron chi connectivity index (χ2n) is 10.9. The summed E-state index contributed by atoms with van der Waals surface area (Å²) in [6, 6.07) is 28.4. The number of fused-ring (bicyclic) bond motifs is 1. The van der Waals surface area contributed by atoms with Gasteiger partial charge in [-0.1, -0.05) is 48.5 Å². The van der Waals surface area contributed by atoms with Crippen molar-refractivity contribution in [3.63, 3.8) is 0 Å². The molecule has 0 unspecified atom stereocenters. The molecule has 45 heavy (non-hydrogen) atoms. The molecule has 11 heteroatoms. The third-order valence-electron chi connectivity index (χ3n) is 7.97. The third-order valence-corrected chi connectivity index (χ3v) is 9.90. The summed E-state index contributed by atoms with van der Waals surface area (Å²) in [7, 11) is -2.20. The van der Waals surface area contributed by atoms with Crippen molar-refractivity contribution in [2.24, 2.45) is 7.05 Å². The lowest BCUT2D eigenvalue weighted by molar-refractivity contribution is 0.101. The molecule has 10 nitrogen and oxygen atoms in total. The number of hydrogen-bond acceptors (Lipinski definition) is 5. The molecular weight excluding hydrogens is 590 g/mol. The molecule has 1 aliphatic heterocycles. The van der Waals surface area contributed by atoms with Crippen LogP contribution >= 0.6 is 0 Å². The van der Waals surface area contributed by atoms with Crippen LogP contribution < -0.4 is 20.5 Å². The minimum Gasteiger partial charge on any atom is -0.322 e. The minimum absolute atomic E-state index is 0.00576. The smallest absolute Gasteiger partial charge is 0.295 e. The monoisotopic (exact) mass is 621 g/mol. The Morgan fingerprint density at radius 2 is 1.44 bits per heavy atom. The summed E-state index contributed by atoms with van der Waals surface area (Å²) in [4.78, 5) is 39.7. The Hall–Kier alpha value is -5.42. The maximum atomic E-state index is 13.7. The molecule has 0 saturated carbocycles. The van der Waals surface area contributed by atoms with E-state index in [1.54, 1.807) is 61.1 Å². The van der Waals surface area contributed by atoms with Crippen molar-refractivity contribution < 1.29 is 18.0 Å². The van der Waals surface area contributed by atoms with Crippen LogP contribution in [-0.2, 0) is 23.5 Å². The fourth-order valence-electron chi connectivity index (χ4n) is 5.65. The van der Waals surface area contributed by atoms with Crippen LogP contribution in [0.25, 0.3) is 5.69 Å². The number of aromatic nitrogens is 2. The highest BCUT2D eigenvalue weighted by atomic mass is 32.2. The molecule has 4 aromatic carbocycles. The maximum Gasteiger partial charge on any atom is 0.295 e. The van der Waals surface area contributed by atoms with E-state index in [1.165, 1.54) is 39.3 Å². The predicted octanol–water partition coefficient (Wildman–Crippen LogP) is 5.13. The van der Waals surface area contributed by atoms with Gasteiger partial charge < -0.3 is 10.6 Å². The van der Waals surface area contributed by atoms with Gasteiger partial charge in [-0.3, -0.25) is 23.4 Å². The first-order valence-corrected chi connectivity index (χ1v) is 15.8. The SMILES string of the molecule is Cc1c(NC(=O)c2cccc(NC(=O)c3cccc(S(=O)(=O)N4c5ccccc5C[C@@H]4C)c3)c2)c(=O)n(-c2ccccc2)n1C. The molecule has 2 amide bonds. The molecule has 228 valence electrons. The Balaban J connectivity index is 1.21. The van der Waals surface area contributed by atoms with E-state index in [2.05, 4.69) is 10.6 Å². The zero-order valence-corrected chi connectivity index (χ0v) is 25.7. The predicted molar refractivity (Wildman–Crippen MR) is 174 cm³/mol. The first-order chi connectivity index (χ1) is 21.6. The van der Waals surface area contributed by atoms with Crippen molar-refractivity contribution in [3.05, 3.63) is 136 Å².